The van der Waals surface area contributed by atoms with Crippen LogP contribution in [-0.2, 0) is 6.61 Å². The Morgan fingerprint density at radius 1 is 1.21 bits per heavy atom. The molecule has 0 atom stereocenters. The van der Waals surface area contributed by atoms with Crippen LogP contribution in [0.4, 0.5) is 0 Å². The first-order valence-corrected chi connectivity index (χ1v) is 7.71. The minimum Gasteiger partial charge on any atom is -0.486 e. The summed E-state index contributed by atoms with van der Waals surface area (Å²) in [6.45, 7) is 4.48. The Labute approximate surface area is 139 Å². The molecular weight excluding hydrogens is 304 g/mol. The Morgan fingerprint density at radius 3 is 2.75 bits per heavy atom. The number of nitrogens with one attached hydrogen (secondary N) is 1. The second-order valence-electron chi connectivity index (χ2n) is 5.67. The predicted molar refractivity (Wildman–Crippen MR) is 89.9 cm³/mol. The van der Waals surface area contributed by atoms with E-state index in [2.05, 4.69) is 34.0 Å². The second-order valence-corrected chi connectivity index (χ2v) is 5.67. The van der Waals surface area contributed by atoms with Gasteiger partial charge >= 0.3 is 0 Å². The average molecular weight is 322 g/mol. The Hall–Kier alpha value is -3.02. The third-order valence-electron chi connectivity index (χ3n) is 3.65. The largest absolute Gasteiger partial charge is 0.486 e. The van der Waals surface area contributed by atoms with Gasteiger partial charge in [0, 0.05) is 23.7 Å². The fourth-order valence-corrected chi connectivity index (χ4v) is 2.31. The molecule has 0 aliphatic rings. The molecule has 0 bridgehead atoms. The number of nitrogens with zero attached hydrogens (tertiary/aromatic N) is 3. The van der Waals surface area contributed by atoms with E-state index in [0.717, 1.165) is 22.6 Å². The number of carbonyl (C=O) groups excluding carboxylic acids is 1. The van der Waals surface area contributed by atoms with Crippen molar-refractivity contribution in [1.29, 1.82) is 0 Å². The molecule has 3 heterocycles. The first kappa shape index (κ1) is 15.9. The molecule has 6 heteroatoms. The first-order valence-electron chi connectivity index (χ1n) is 7.71. The normalized spacial score (nSPS) is 10.8. The number of aldehydes is 1. The Kier molecular flexibility index (Phi) is 4.65. The summed E-state index contributed by atoms with van der Waals surface area (Å²) < 4.78 is 5.76. The topological polar surface area (TPSA) is 80.8 Å². The van der Waals surface area contributed by atoms with Crippen LogP contribution in [0.25, 0.3) is 11.4 Å². The number of aromatic amines is 1. The molecule has 0 amide bonds. The zero-order valence-corrected chi connectivity index (χ0v) is 13.6. The van der Waals surface area contributed by atoms with Gasteiger partial charge in [0.05, 0.1) is 5.69 Å². The lowest BCUT2D eigenvalue weighted by molar-refractivity contribution is 0.111. The summed E-state index contributed by atoms with van der Waals surface area (Å²) in [5.41, 5.74) is 3.76. The summed E-state index contributed by atoms with van der Waals surface area (Å²) in [7, 11) is 0. The highest BCUT2D eigenvalue weighted by Crippen LogP contribution is 2.24. The van der Waals surface area contributed by atoms with Crippen molar-refractivity contribution in [3.8, 4) is 17.1 Å². The smallest absolute Gasteiger partial charge is 0.172 e. The highest BCUT2D eigenvalue weighted by molar-refractivity contribution is 5.76. The van der Waals surface area contributed by atoms with Crippen LogP contribution in [0, 0.1) is 0 Å². The van der Waals surface area contributed by atoms with E-state index in [0.29, 0.717) is 18.0 Å². The van der Waals surface area contributed by atoms with Gasteiger partial charge in [-0.15, -0.1) is 0 Å². The van der Waals surface area contributed by atoms with Crippen molar-refractivity contribution in [2.75, 3.05) is 0 Å². The maximum Gasteiger partial charge on any atom is 0.172 e. The molecule has 0 aromatic carbocycles. The molecule has 24 heavy (non-hydrogen) atoms. The highest BCUT2D eigenvalue weighted by Gasteiger charge is 2.13. The van der Waals surface area contributed by atoms with E-state index in [1.165, 1.54) is 0 Å². The minimum atomic E-state index is 0.277. The number of hydrogen-bond donors (Lipinski definition) is 1. The lowest BCUT2D eigenvalue weighted by Gasteiger charge is -2.09. The number of ether oxygens (including phenoxy) is 1. The van der Waals surface area contributed by atoms with Crippen LogP contribution in [0.1, 0.15) is 41.5 Å². The molecule has 122 valence electrons. The van der Waals surface area contributed by atoms with Crippen molar-refractivity contribution < 1.29 is 9.53 Å². The van der Waals surface area contributed by atoms with Crippen LogP contribution in [0.15, 0.2) is 42.7 Å². The fourth-order valence-electron chi connectivity index (χ4n) is 2.31. The fraction of sp³-hybridized carbons (Fsp3) is 0.222. The number of aromatic nitrogens is 4. The number of carbonyl (C=O) groups is 1. The van der Waals surface area contributed by atoms with Crippen LogP contribution in [0.2, 0.25) is 0 Å². The molecule has 0 saturated carbocycles. The van der Waals surface area contributed by atoms with E-state index in [4.69, 9.17) is 4.74 Å². The summed E-state index contributed by atoms with van der Waals surface area (Å²) in [5.74, 6) is 0.812. The number of hydrogen-bond acceptors (Lipinski definition) is 5. The molecule has 3 aromatic heterocycles. The van der Waals surface area contributed by atoms with Crippen LogP contribution >= 0.6 is 0 Å². The lowest BCUT2D eigenvalue weighted by Crippen LogP contribution is -2.02. The van der Waals surface area contributed by atoms with Crippen LogP contribution < -0.4 is 4.74 Å². The van der Waals surface area contributed by atoms with Crippen molar-refractivity contribution in [2.45, 2.75) is 26.4 Å². The number of rotatable bonds is 6. The molecular formula is C18H18N4O2. The van der Waals surface area contributed by atoms with Crippen molar-refractivity contribution in [1.82, 2.24) is 20.2 Å². The zero-order chi connectivity index (χ0) is 16.9. The summed E-state index contributed by atoms with van der Waals surface area (Å²) in [5, 5.41) is 7.38. The summed E-state index contributed by atoms with van der Waals surface area (Å²) >= 11 is 0. The van der Waals surface area contributed by atoms with Crippen LogP contribution in [-0.4, -0.2) is 26.5 Å². The van der Waals surface area contributed by atoms with Crippen molar-refractivity contribution >= 4 is 6.29 Å². The van der Waals surface area contributed by atoms with Gasteiger partial charge < -0.3 is 4.74 Å². The molecule has 6 nitrogen and oxygen atoms in total. The van der Waals surface area contributed by atoms with Gasteiger partial charge in [0.2, 0.25) is 0 Å². The van der Waals surface area contributed by atoms with E-state index in [9.17, 15) is 4.79 Å². The molecule has 0 aliphatic carbocycles. The quantitative estimate of drug-likeness (QED) is 0.704. The molecule has 1 N–H and O–H groups in total. The van der Waals surface area contributed by atoms with E-state index in [-0.39, 0.29) is 12.3 Å². The van der Waals surface area contributed by atoms with Crippen LogP contribution in [0.5, 0.6) is 5.75 Å². The summed E-state index contributed by atoms with van der Waals surface area (Å²) in [6, 6.07) is 9.23. The molecule has 0 aliphatic heterocycles. The van der Waals surface area contributed by atoms with Gasteiger partial charge in [-0.2, -0.15) is 5.10 Å². The molecule has 3 aromatic rings. The Bertz CT molecular complexity index is 842. The van der Waals surface area contributed by atoms with Gasteiger partial charge in [0.1, 0.15) is 23.7 Å². The van der Waals surface area contributed by atoms with Crippen LogP contribution in [0.3, 0.4) is 0 Å². The first-order chi connectivity index (χ1) is 11.7. The maximum atomic E-state index is 11.0. The van der Waals surface area contributed by atoms with Gasteiger partial charge in [0.15, 0.2) is 6.29 Å². The Morgan fingerprint density at radius 2 is 2.00 bits per heavy atom. The monoisotopic (exact) mass is 322 g/mol. The molecule has 0 unspecified atom stereocenters. The SMILES string of the molecule is CC(C)c1cc(-c2ncccc2COc2cccnc2C=O)n[nH]1. The van der Waals surface area contributed by atoms with E-state index in [1.807, 2.05) is 18.2 Å². The third-order valence-corrected chi connectivity index (χ3v) is 3.65. The van der Waals surface area contributed by atoms with E-state index in [1.54, 1.807) is 24.5 Å². The standard InChI is InChI=1S/C18H18N4O2/c1-12(2)14-9-15(22-21-14)18-13(5-3-8-20-18)11-24-17-6-4-7-19-16(17)10-23/h3-10,12H,11H2,1-2H3,(H,21,22). The summed E-state index contributed by atoms with van der Waals surface area (Å²) in [4.78, 5) is 19.4. The Balaban J connectivity index is 1.85. The number of H-pyrrole nitrogens is 1. The van der Waals surface area contributed by atoms with Gasteiger partial charge in [-0.05, 0) is 30.2 Å². The summed E-state index contributed by atoms with van der Waals surface area (Å²) in [6.07, 6.45) is 3.97. The van der Waals surface area contributed by atoms with Gasteiger partial charge in [-0.3, -0.25) is 14.9 Å². The maximum absolute atomic E-state index is 11.0. The van der Waals surface area contributed by atoms with Gasteiger partial charge in [0.25, 0.3) is 0 Å². The van der Waals surface area contributed by atoms with Gasteiger partial charge in [-0.25, -0.2) is 4.98 Å². The number of pyridine rings is 2. The van der Waals surface area contributed by atoms with Crippen molar-refractivity contribution in [3.05, 3.63) is 59.7 Å². The zero-order valence-electron chi connectivity index (χ0n) is 13.6. The molecule has 3 rings (SSSR count). The third kappa shape index (κ3) is 3.32. The predicted octanol–water partition coefficient (Wildman–Crippen LogP) is 3.38. The van der Waals surface area contributed by atoms with Gasteiger partial charge in [-0.1, -0.05) is 19.9 Å². The molecule has 0 spiro atoms. The molecule has 0 fully saturated rings. The molecule has 0 saturated heterocycles. The minimum absolute atomic E-state index is 0.277. The van der Waals surface area contributed by atoms with E-state index >= 15 is 0 Å². The van der Waals surface area contributed by atoms with Crippen molar-refractivity contribution in [3.63, 3.8) is 0 Å². The second kappa shape index (κ2) is 7.04. The average Bonchev–Trinajstić information content (AvgIpc) is 3.10. The lowest BCUT2D eigenvalue weighted by atomic mass is 10.1. The highest BCUT2D eigenvalue weighted by atomic mass is 16.5. The van der Waals surface area contributed by atoms with E-state index < -0.39 is 0 Å². The molecule has 0 radical (unpaired) electrons. The van der Waals surface area contributed by atoms with Crippen molar-refractivity contribution in [2.24, 2.45) is 0 Å².